The van der Waals surface area contributed by atoms with Gasteiger partial charge in [-0.05, 0) is 86.1 Å². The first-order valence-electron chi connectivity index (χ1n) is 20.7. The van der Waals surface area contributed by atoms with Crippen molar-refractivity contribution in [3.63, 3.8) is 0 Å². The highest BCUT2D eigenvalue weighted by atomic mass is 35.5. The van der Waals surface area contributed by atoms with Crippen LogP contribution in [0.1, 0.15) is 91.7 Å². The molecule has 8 rings (SSSR count). The molecule has 1 unspecified atom stereocenters. The Hall–Kier alpha value is -6.39. The number of anilines is 2. The van der Waals surface area contributed by atoms with Crippen LogP contribution in [-0.2, 0) is 19.2 Å². The number of pyridine rings is 2. The molecule has 2 atom stereocenters. The van der Waals surface area contributed by atoms with Gasteiger partial charge in [0, 0.05) is 79.7 Å². The zero-order chi connectivity index (χ0) is 44.6. The van der Waals surface area contributed by atoms with E-state index in [0.29, 0.717) is 58.9 Å². The summed E-state index contributed by atoms with van der Waals surface area (Å²) >= 11 is 12.7. The van der Waals surface area contributed by atoms with Crippen LogP contribution in [0.3, 0.4) is 0 Å². The van der Waals surface area contributed by atoms with Gasteiger partial charge in [0.1, 0.15) is 29.4 Å². The molecule has 16 nitrogen and oxygen atoms in total. The van der Waals surface area contributed by atoms with E-state index in [1.165, 1.54) is 12.4 Å². The molecule has 63 heavy (non-hydrogen) atoms. The normalized spacial score (nSPS) is 17.4. The fraction of sp³-hybridized carbons (Fsp3) is 0.356. The molecule has 2 aromatic carbocycles. The monoisotopic (exact) mass is 893 g/mol. The molecule has 3 aliphatic heterocycles. The van der Waals surface area contributed by atoms with Crippen LogP contribution < -0.4 is 25.6 Å². The van der Waals surface area contributed by atoms with E-state index in [0.717, 1.165) is 39.9 Å². The third-order valence-corrected chi connectivity index (χ3v) is 12.3. The number of hydrogen-bond acceptors (Lipinski definition) is 11. The number of imide groups is 2. The SMILES string of the molecule is C[C@@H](Oc1ccc2[nH]nc(-c3ccc(NC(=O)CC(C)(C)CNC(=O)CC4CCN(c5ccc6c(c5)C(=O)N(C5CCC(=O)NC5=O)C6=O)CC4)nc3)c2c1)c1c(Cl)cncc1Cl. The number of rotatable bonds is 13. The minimum atomic E-state index is -1.02. The summed E-state index contributed by atoms with van der Waals surface area (Å²) in [5.41, 5.74) is 3.55. The van der Waals surface area contributed by atoms with E-state index in [9.17, 15) is 28.8 Å². The van der Waals surface area contributed by atoms with Crippen LogP contribution >= 0.6 is 23.2 Å². The number of carbonyl (C=O) groups is 6. The van der Waals surface area contributed by atoms with Gasteiger partial charge in [-0.25, -0.2) is 4.98 Å². The Bertz CT molecular complexity index is 2620. The van der Waals surface area contributed by atoms with Crippen molar-refractivity contribution in [2.45, 2.75) is 71.4 Å². The van der Waals surface area contributed by atoms with E-state index in [2.05, 4.69) is 41.0 Å². The number of H-pyrrole nitrogens is 1. The molecule has 3 aliphatic rings. The van der Waals surface area contributed by atoms with Crippen LogP contribution in [0.15, 0.2) is 67.1 Å². The van der Waals surface area contributed by atoms with Crippen molar-refractivity contribution in [3.05, 3.63) is 93.9 Å². The highest BCUT2D eigenvalue weighted by Crippen LogP contribution is 2.36. The second-order valence-corrected chi connectivity index (χ2v) is 17.8. The number of hydrogen-bond donors (Lipinski definition) is 4. The summed E-state index contributed by atoms with van der Waals surface area (Å²) in [7, 11) is 0. The van der Waals surface area contributed by atoms with Crippen LogP contribution in [0.5, 0.6) is 5.75 Å². The maximum atomic E-state index is 13.3. The highest BCUT2D eigenvalue weighted by Gasteiger charge is 2.45. The Labute approximate surface area is 372 Å². The van der Waals surface area contributed by atoms with Gasteiger partial charge in [0.2, 0.25) is 23.6 Å². The second-order valence-electron chi connectivity index (χ2n) is 17.0. The molecule has 2 fully saturated rings. The first-order valence-corrected chi connectivity index (χ1v) is 21.5. The summed E-state index contributed by atoms with van der Waals surface area (Å²) < 4.78 is 6.19. The zero-order valence-electron chi connectivity index (χ0n) is 34.8. The molecule has 0 saturated carbocycles. The Morgan fingerprint density at radius 1 is 0.921 bits per heavy atom. The van der Waals surface area contributed by atoms with Crippen molar-refractivity contribution >= 4 is 81.1 Å². The van der Waals surface area contributed by atoms with Gasteiger partial charge >= 0.3 is 0 Å². The smallest absolute Gasteiger partial charge is 0.262 e. The Kier molecular flexibility index (Phi) is 12.2. The summed E-state index contributed by atoms with van der Waals surface area (Å²) in [6.45, 7) is 7.31. The summed E-state index contributed by atoms with van der Waals surface area (Å²) in [5.74, 6) is -1.35. The van der Waals surface area contributed by atoms with E-state index in [4.69, 9.17) is 27.9 Å². The van der Waals surface area contributed by atoms with E-state index < -0.39 is 41.2 Å². The summed E-state index contributed by atoms with van der Waals surface area (Å²) in [4.78, 5) is 88.2. The minimum absolute atomic E-state index is 0.0569. The number of aromatic amines is 1. The van der Waals surface area contributed by atoms with Gasteiger partial charge in [-0.1, -0.05) is 37.0 Å². The van der Waals surface area contributed by atoms with Crippen LogP contribution in [0.25, 0.3) is 22.2 Å². The molecule has 0 spiro atoms. The van der Waals surface area contributed by atoms with E-state index in [-0.39, 0.29) is 48.1 Å². The third-order valence-electron chi connectivity index (χ3n) is 11.7. The van der Waals surface area contributed by atoms with Gasteiger partial charge in [-0.15, -0.1) is 0 Å². The van der Waals surface area contributed by atoms with E-state index in [1.54, 1.807) is 30.5 Å². The lowest BCUT2D eigenvalue weighted by atomic mass is 9.88. The van der Waals surface area contributed by atoms with E-state index >= 15 is 0 Å². The van der Waals surface area contributed by atoms with E-state index in [1.807, 2.05) is 45.0 Å². The number of fused-ring (bicyclic) bond motifs is 2. The largest absolute Gasteiger partial charge is 0.486 e. The van der Waals surface area contributed by atoms with Crippen molar-refractivity contribution in [1.82, 2.24) is 35.7 Å². The summed E-state index contributed by atoms with van der Waals surface area (Å²) in [5, 5.41) is 17.3. The van der Waals surface area contributed by atoms with Gasteiger partial charge in [0.05, 0.1) is 26.7 Å². The predicted octanol–water partition coefficient (Wildman–Crippen LogP) is 6.65. The van der Waals surface area contributed by atoms with Gasteiger partial charge in [-0.2, -0.15) is 5.10 Å². The van der Waals surface area contributed by atoms with Gasteiger partial charge in [-0.3, -0.25) is 49.1 Å². The van der Waals surface area contributed by atoms with Gasteiger partial charge < -0.3 is 20.3 Å². The summed E-state index contributed by atoms with van der Waals surface area (Å²) in [6, 6.07) is 13.2. The number of carbonyl (C=O) groups excluding carboxylic acids is 6. The molecule has 5 aromatic rings. The van der Waals surface area contributed by atoms with Crippen LogP contribution in [0.4, 0.5) is 11.5 Å². The molecule has 0 bridgehead atoms. The molecule has 2 saturated heterocycles. The van der Waals surface area contributed by atoms with Crippen LogP contribution in [0, 0.1) is 11.3 Å². The van der Waals surface area contributed by atoms with Crippen molar-refractivity contribution in [2.24, 2.45) is 11.3 Å². The molecule has 18 heteroatoms. The number of ether oxygens (including phenoxy) is 1. The van der Waals surface area contributed by atoms with Gasteiger partial charge in [0.15, 0.2) is 0 Å². The number of nitrogens with zero attached hydrogens (tertiary/aromatic N) is 5. The average Bonchev–Trinajstić information content (AvgIpc) is 3.77. The molecule has 6 amide bonds. The number of aromatic nitrogens is 4. The molecule has 6 heterocycles. The third kappa shape index (κ3) is 9.37. The maximum Gasteiger partial charge on any atom is 0.262 e. The average molecular weight is 895 g/mol. The number of piperidine rings is 2. The second kappa shape index (κ2) is 17.8. The van der Waals surface area contributed by atoms with Crippen molar-refractivity contribution in [3.8, 4) is 17.0 Å². The molecule has 326 valence electrons. The lowest BCUT2D eigenvalue weighted by Gasteiger charge is -2.34. The van der Waals surface area contributed by atoms with Crippen LogP contribution in [0.2, 0.25) is 10.0 Å². The van der Waals surface area contributed by atoms with Gasteiger partial charge in [0.25, 0.3) is 11.8 Å². The lowest BCUT2D eigenvalue weighted by Crippen LogP contribution is -2.54. The lowest BCUT2D eigenvalue weighted by molar-refractivity contribution is -0.136. The van der Waals surface area contributed by atoms with Crippen molar-refractivity contribution in [2.75, 3.05) is 29.9 Å². The Morgan fingerprint density at radius 2 is 1.67 bits per heavy atom. The quantitative estimate of drug-likeness (QED) is 0.0921. The fourth-order valence-corrected chi connectivity index (χ4v) is 9.05. The highest BCUT2D eigenvalue weighted by molar-refractivity contribution is 6.35. The summed E-state index contributed by atoms with van der Waals surface area (Å²) in [6.07, 6.45) is 6.40. The first-order chi connectivity index (χ1) is 30.1. The number of halogens is 2. The minimum Gasteiger partial charge on any atom is -0.486 e. The van der Waals surface area contributed by atoms with Crippen molar-refractivity contribution in [1.29, 1.82) is 0 Å². The number of amides is 6. The number of nitrogens with one attached hydrogen (secondary N) is 4. The fourth-order valence-electron chi connectivity index (χ4n) is 8.37. The molecule has 3 aromatic heterocycles. The molecular formula is C45H45Cl2N9O7. The maximum absolute atomic E-state index is 13.3. The Morgan fingerprint density at radius 3 is 2.38 bits per heavy atom. The number of benzene rings is 2. The molecule has 0 aliphatic carbocycles. The molecule has 0 radical (unpaired) electrons. The standard InChI is InChI=1S/C45H45Cl2N9O7/c1-24(40-32(46)21-48-22-33(40)47)63-28-6-8-34-31(18-28)41(54-53-34)26-4-10-36(49-20-26)51-39(59)19-45(2,3)23-50-38(58)16-25-12-14-55(15-13-25)27-5-7-29-30(17-27)44(62)56(43(29)61)35-9-11-37(57)52-42(35)60/h4-8,10,17-18,20-22,24-25,35H,9,11-16,19,23H2,1-3H3,(H,50,58)(H,53,54)(H,49,51,59)(H,52,57,60)/t24-,35?/m1/s1. The Balaban J connectivity index is 0.788. The topological polar surface area (TPSA) is 209 Å². The predicted molar refractivity (Wildman–Crippen MR) is 235 cm³/mol. The van der Waals surface area contributed by atoms with Crippen molar-refractivity contribution < 1.29 is 33.5 Å². The first kappa shape index (κ1) is 43.3. The molecule has 4 N–H and O–H groups in total. The zero-order valence-corrected chi connectivity index (χ0v) is 36.3. The van der Waals surface area contributed by atoms with Crippen LogP contribution in [-0.4, -0.2) is 86.2 Å². The molecular weight excluding hydrogens is 849 g/mol.